The van der Waals surface area contributed by atoms with Gasteiger partial charge in [0.05, 0.1) is 12.1 Å². The number of rotatable bonds is 6. The summed E-state index contributed by atoms with van der Waals surface area (Å²) in [6, 6.07) is 12.1. The van der Waals surface area contributed by atoms with Gasteiger partial charge in [0.2, 0.25) is 5.91 Å². The molecular weight excluding hydrogens is 338 g/mol. The fraction of sp³-hybridized carbons (Fsp3) is 0.333. The van der Waals surface area contributed by atoms with Gasteiger partial charge in [0, 0.05) is 29.2 Å². The second-order valence-corrected chi connectivity index (χ2v) is 6.77. The lowest BCUT2D eigenvalue weighted by atomic mass is 10.1. The predicted molar refractivity (Wildman–Crippen MR) is 105 cm³/mol. The van der Waals surface area contributed by atoms with Crippen LogP contribution in [0.4, 0.5) is 0 Å². The third kappa shape index (κ3) is 4.58. The lowest BCUT2D eigenvalue weighted by molar-refractivity contribution is -0.120. The van der Waals surface area contributed by atoms with Crippen LogP contribution in [-0.2, 0) is 17.6 Å². The van der Waals surface area contributed by atoms with Crippen LogP contribution in [-0.4, -0.2) is 32.2 Å². The smallest absolute Gasteiger partial charge is 0.251 e. The zero-order chi connectivity index (χ0) is 19.4. The highest BCUT2D eigenvalue weighted by molar-refractivity contribution is 5.79. The van der Waals surface area contributed by atoms with Crippen LogP contribution in [0.15, 0.2) is 36.4 Å². The first-order valence-electron chi connectivity index (χ1n) is 9.12. The van der Waals surface area contributed by atoms with Crippen molar-refractivity contribution in [3.05, 3.63) is 70.3 Å². The maximum absolute atomic E-state index is 12.4. The van der Waals surface area contributed by atoms with Gasteiger partial charge < -0.3 is 5.32 Å². The van der Waals surface area contributed by atoms with Crippen LogP contribution in [0.2, 0.25) is 0 Å². The molecule has 0 saturated heterocycles. The summed E-state index contributed by atoms with van der Waals surface area (Å²) in [5.41, 5.74) is 5.65. The van der Waals surface area contributed by atoms with Gasteiger partial charge in [0.1, 0.15) is 0 Å². The molecule has 2 aromatic heterocycles. The molecule has 1 N–H and O–H groups in total. The largest absolute Gasteiger partial charge is 0.355 e. The number of aryl methyl sites for hydroxylation is 3. The monoisotopic (exact) mass is 363 g/mol. The molecule has 0 radical (unpaired) electrons. The zero-order valence-corrected chi connectivity index (χ0v) is 16.3. The van der Waals surface area contributed by atoms with E-state index in [2.05, 4.69) is 32.5 Å². The standard InChI is InChI=1S/C21H25N5O/c1-14-12-15(2)24-21(23-14)26-17(4)19(16(3)25-26)13-20(27)22-11-10-18-8-6-5-7-9-18/h5-9,12H,10-11,13H2,1-4H3,(H,22,27). The predicted octanol–water partition coefficient (Wildman–Crippen LogP) is 2.80. The van der Waals surface area contributed by atoms with Gasteiger partial charge in [0.15, 0.2) is 0 Å². The molecule has 0 saturated carbocycles. The molecule has 0 bridgehead atoms. The van der Waals surface area contributed by atoms with E-state index in [1.807, 2.05) is 52.0 Å². The number of hydrogen-bond donors (Lipinski definition) is 1. The van der Waals surface area contributed by atoms with Crippen LogP contribution in [0.3, 0.4) is 0 Å². The molecular formula is C21H25N5O. The second kappa shape index (κ2) is 8.12. The lowest BCUT2D eigenvalue weighted by Crippen LogP contribution is -2.27. The van der Waals surface area contributed by atoms with Gasteiger partial charge in [-0.25, -0.2) is 14.6 Å². The first-order valence-corrected chi connectivity index (χ1v) is 9.12. The van der Waals surface area contributed by atoms with E-state index < -0.39 is 0 Å². The van der Waals surface area contributed by atoms with Crippen LogP contribution >= 0.6 is 0 Å². The number of nitrogens with one attached hydrogen (secondary N) is 1. The molecule has 1 aromatic carbocycles. The summed E-state index contributed by atoms with van der Waals surface area (Å²) >= 11 is 0. The Labute approximate surface area is 159 Å². The second-order valence-electron chi connectivity index (χ2n) is 6.77. The Morgan fingerprint density at radius 3 is 2.37 bits per heavy atom. The summed E-state index contributed by atoms with van der Waals surface area (Å²) in [5.74, 6) is 0.543. The number of benzene rings is 1. The van der Waals surface area contributed by atoms with Crippen molar-refractivity contribution in [1.29, 1.82) is 0 Å². The summed E-state index contributed by atoms with van der Waals surface area (Å²) in [4.78, 5) is 21.3. The van der Waals surface area contributed by atoms with E-state index in [9.17, 15) is 4.79 Å². The Kier molecular flexibility index (Phi) is 5.64. The zero-order valence-electron chi connectivity index (χ0n) is 16.3. The fourth-order valence-electron chi connectivity index (χ4n) is 3.14. The van der Waals surface area contributed by atoms with Crippen molar-refractivity contribution in [3.63, 3.8) is 0 Å². The van der Waals surface area contributed by atoms with Crippen LogP contribution in [0, 0.1) is 27.7 Å². The van der Waals surface area contributed by atoms with Gasteiger partial charge in [0.25, 0.3) is 5.95 Å². The summed E-state index contributed by atoms with van der Waals surface area (Å²) in [7, 11) is 0. The number of amides is 1. The van der Waals surface area contributed by atoms with Crippen molar-refractivity contribution in [2.75, 3.05) is 6.54 Å². The molecule has 0 fully saturated rings. The van der Waals surface area contributed by atoms with Crippen LogP contribution in [0.5, 0.6) is 0 Å². The molecule has 1 amide bonds. The molecule has 6 heteroatoms. The maximum atomic E-state index is 12.4. The van der Waals surface area contributed by atoms with Crippen molar-refractivity contribution in [2.24, 2.45) is 0 Å². The molecule has 0 atom stereocenters. The summed E-state index contributed by atoms with van der Waals surface area (Å²) in [5, 5.41) is 7.55. The molecule has 0 spiro atoms. The lowest BCUT2D eigenvalue weighted by Gasteiger charge is -2.07. The minimum absolute atomic E-state index is 0.00183. The number of carbonyl (C=O) groups is 1. The van der Waals surface area contributed by atoms with Crippen LogP contribution in [0.25, 0.3) is 5.95 Å². The molecule has 3 rings (SSSR count). The summed E-state index contributed by atoms with van der Waals surface area (Å²) in [6.07, 6.45) is 1.12. The summed E-state index contributed by atoms with van der Waals surface area (Å²) in [6.45, 7) is 8.36. The Morgan fingerprint density at radius 2 is 1.70 bits per heavy atom. The number of hydrogen-bond acceptors (Lipinski definition) is 4. The average Bonchev–Trinajstić information content (AvgIpc) is 2.90. The molecule has 2 heterocycles. The number of aromatic nitrogens is 4. The maximum Gasteiger partial charge on any atom is 0.251 e. The quantitative estimate of drug-likeness (QED) is 0.731. The van der Waals surface area contributed by atoms with E-state index in [1.165, 1.54) is 5.56 Å². The van der Waals surface area contributed by atoms with E-state index in [-0.39, 0.29) is 5.91 Å². The Hall–Kier alpha value is -3.02. The van der Waals surface area contributed by atoms with E-state index in [0.717, 1.165) is 34.8 Å². The number of carbonyl (C=O) groups excluding carboxylic acids is 1. The van der Waals surface area contributed by atoms with Gasteiger partial charge >= 0.3 is 0 Å². The third-order valence-corrected chi connectivity index (χ3v) is 4.52. The Balaban J connectivity index is 1.68. The van der Waals surface area contributed by atoms with Crippen molar-refractivity contribution in [2.45, 2.75) is 40.5 Å². The molecule has 6 nitrogen and oxygen atoms in total. The first-order chi connectivity index (χ1) is 12.9. The van der Waals surface area contributed by atoms with E-state index >= 15 is 0 Å². The van der Waals surface area contributed by atoms with Gasteiger partial charge in [-0.3, -0.25) is 4.79 Å². The first kappa shape index (κ1) is 18.8. The van der Waals surface area contributed by atoms with E-state index in [4.69, 9.17) is 0 Å². The van der Waals surface area contributed by atoms with Gasteiger partial charge in [-0.05, 0) is 45.7 Å². The highest BCUT2D eigenvalue weighted by atomic mass is 16.1. The molecule has 0 unspecified atom stereocenters. The minimum atomic E-state index is -0.00183. The van der Waals surface area contributed by atoms with Crippen LogP contribution < -0.4 is 5.32 Å². The van der Waals surface area contributed by atoms with E-state index in [1.54, 1.807) is 4.68 Å². The van der Waals surface area contributed by atoms with Gasteiger partial charge in [-0.15, -0.1) is 0 Å². The minimum Gasteiger partial charge on any atom is -0.355 e. The molecule has 0 aliphatic carbocycles. The van der Waals surface area contributed by atoms with Gasteiger partial charge in [-0.2, -0.15) is 5.10 Å². The topological polar surface area (TPSA) is 72.7 Å². The van der Waals surface area contributed by atoms with Crippen molar-refractivity contribution < 1.29 is 4.79 Å². The van der Waals surface area contributed by atoms with Crippen molar-refractivity contribution >= 4 is 5.91 Å². The highest BCUT2D eigenvalue weighted by Gasteiger charge is 2.17. The van der Waals surface area contributed by atoms with Crippen molar-refractivity contribution in [1.82, 2.24) is 25.1 Å². The third-order valence-electron chi connectivity index (χ3n) is 4.52. The Morgan fingerprint density at radius 1 is 1.04 bits per heavy atom. The molecule has 140 valence electrons. The molecule has 3 aromatic rings. The van der Waals surface area contributed by atoms with Crippen LogP contribution in [0.1, 0.15) is 33.9 Å². The normalized spacial score (nSPS) is 10.8. The summed E-state index contributed by atoms with van der Waals surface area (Å²) < 4.78 is 1.72. The fourth-order valence-corrected chi connectivity index (χ4v) is 3.14. The average molecular weight is 363 g/mol. The molecule has 27 heavy (non-hydrogen) atoms. The molecule has 0 aliphatic rings. The Bertz CT molecular complexity index is 926. The van der Waals surface area contributed by atoms with E-state index in [0.29, 0.717) is 18.9 Å². The SMILES string of the molecule is Cc1cc(C)nc(-n2nc(C)c(CC(=O)NCCc3ccccc3)c2C)n1. The van der Waals surface area contributed by atoms with Gasteiger partial charge in [-0.1, -0.05) is 30.3 Å². The molecule has 0 aliphatic heterocycles. The highest BCUT2D eigenvalue weighted by Crippen LogP contribution is 2.17. The van der Waals surface area contributed by atoms with Crippen molar-refractivity contribution in [3.8, 4) is 5.95 Å². The number of nitrogens with zero attached hydrogens (tertiary/aromatic N) is 4.